The van der Waals surface area contributed by atoms with Crippen LogP contribution in [0.15, 0.2) is 18.2 Å². The fraction of sp³-hybridized carbons (Fsp3) is 0.533. The van der Waals surface area contributed by atoms with E-state index in [1.165, 1.54) is 12.8 Å². The lowest BCUT2D eigenvalue weighted by Crippen LogP contribution is -2.31. The first kappa shape index (κ1) is 14.2. The monoisotopic (exact) mass is 280 g/mol. The topological polar surface area (TPSA) is 55.1 Å². The number of nitrogens with one attached hydrogen (secondary N) is 1. The number of hydrogen-bond acceptors (Lipinski definition) is 2. The number of halogens is 1. The van der Waals surface area contributed by atoms with Gasteiger partial charge in [-0.25, -0.2) is 0 Å². The van der Waals surface area contributed by atoms with Crippen LogP contribution in [0.1, 0.15) is 49.9 Å². The lowest BCUT2D eigenvalue weighted by molar-refractivity contribution is 0.100. The third kappa shape index (κ3) is 3.63. The van der Waals surface area contributed by atoms with Gasteiger partial charge in [0.2, 0.25) is 5.91 Å². The lowest BCUT2D eigenvalue weighted by atomic mass is 9.75. The average Bonchev–Trinajstić information content (AvgIpc) is 2.30. The molecule has 1 amide bonds. The van der Waals surface area contributed by atoms with Gasteiger partial charge >= 0.3 is 0 Å². The van der Waals surface area contributed by atoms with E-state index in [1.54, 1.807) is 12.1 Å². The second-order valence-electron chi connectivity index (χ2n) is 6.16. The van der Waals surface area contributed by atoms with Crippen LogP contribution in [-0.2, 0) is 0 Å². The molecule has 1 fully saturated rings. The fourth-order valence-electron chi connectivity index (χ4n) is 2.86. The Labute approximate surface area is 119 Å². The Hall–Kier alpha value is -1.22. The van der Waals surface area contributed by atoms with Crippen LogP contribution in [0.2, 0.25) is 5.02 Å². The molecule has 0 heterocycles. The van der Waals surface area contributed by atoms with Crippen molar-refractivity contribution in [1.82, 2.24) is 0 Å². The maximum atomic E-state index is 11.3. The minimum absolute atomic E-state index is 0.377. The van der Waals surface area contributed by atoms with Crippen LogP contribution in [0, 0.1) is 5.41 Å². The van der Waals surface area contributed by atoms with Crippen LogP contribution in [0.5, 0.6) is 0 Å². The molecule has 104 valence electrons. The molecule has 0 aromatic heterocycles. The summed E-state index contributed by atoms with van der Waals surface area (Å²) in [6, 6.07) is 5.81. The predicted octanol–water partition coefficient (Wildman–Crippen LogP) is 3.82. The standard InChI is InChI=1S/C15H21ClN2O/c1-15(2)7-3-4-11(9-15)18-10-5-6-13(16)12(8-10)14(17)19/h5-6,8,11,18H,3-4,7,9H2,1-2H3,(H2,17,19). The molecule has 1 aromatic rings. The van der Waals surface area contributed by atoms with Crippen molar-refractivity contribution in [1.29, 1.82) is 0 Å². The average molecular weight is 281 g/mol. The van der Waals surface area contributed by atoms with E-state index in [2.05, 4.69) is 19.2 Å². The van der Waals surface area contributed by atoms with Gasteiger partial charge in [0, 0.05) is 11.7 Å². The van der Waals surface area contributed by atoms with Crippen LogP contribution in [0.25, 0.3) is 0 Å². The summed E-state index contributed by atoms with van der Waals surface area (Å²) in [7, 11) is 0. The van der Waals surface area contributed by atoms with E-state index in [4.69, 9.17) is 17.3 Å². The van der Waals surface area contributed by atoms with Gasteiger partial charge in [0.05, 0.1) is 10.6 Å². The molecule has 1 aliphatic carbocycles. The van der Waals surface area contributed by atoms with Gasteiger partial charge in [-0.1, -0.05) is 31.9 Å². The minimum atomic E-state index is -0.488. The first-order valence-corrected chi connectivity index (χ1v) is 7.11. The van der Waals surface area contributed by atoms with Gasteiger partial charge in [-0.2, -0.15) is 0 Å². The number of carbonyl (C=O) groups is 1. The van der Waals surface area contributed by atoms with Crippen molar-refractivity contribution in [2.24, 2.45) is 11.1 Å². The van der Waals surface area contributed by atoms with Crippen LogP contribution in [0.4, 0.5) is 5.69 Å². The third-order valence-electron chi connectivity index (χ3n) is 3.81. The number of hydrogen-bond donors (Lipinski definition) is 2. The molecular formula is C15H21ClN2O. The number of carbonyl (C=O) groups excluding carboxylic acids is 1. The van der Waals surface area contributed by atoms with E-state index in [9.17, 15) is 4.79 Å². The Morgan fingerprint density at radius 3 is 2.84 bits per heavy atom. The van der Waals surface area contributed by atoms with E-state index in [0.29, 0.717) is 22.0 Å². The first-order valence-electron chi connectivity index (χ1n) is 6.73. The molecule has 2 rings (SSSR count). The summed E-state index contributed by atoms with van der Waals surface area (Å²) in [6.07, 6.45) is 4.82. The molecule has 0 aliphatic heterocycles. The van der Waals surface area contributed by atoms with E-state index < -0.39 is 5.91 Å². The third-order valence-corrected chi connectivity index (χ3v) is 4.14. The van der Waals surface area contributed by atoms with E-state index >= 15 is 0 Å². The second kappa shape index (κ2) is 5.41. The first-order chi connectivity index (χ1) is 8.87. The zero-order valence-corrected chi connectivity index (χ0v) is 12.3. The van der Waals surface area contributed by atoms with Gasteiger partial charge in [0.1, 0.15) is 0 Å². The van der Waals surface area contributed by atoms with Crippen molar-refractivity contribution in [3.05, 3.63) is 28.8 Å². The molecule has 1 atom stereocenters. The number of benzene rings is 1. The van der Waals surface area contributed by atoms with Crippen molar-refractivity contribution in [3.63, 3.8) is 0 Å². The van der Waals surface area contributed by atoms with Crippen molar-refractivity contribution in [2.45, 2.75) is 45.6 Å². The SMILES string of the molecule is CC1(C)CCCC(Nc2ccc(Cl)c(C(N)=O)c2)C1. The molecule has 0 radical (unpaired) electrons. The maximum Gasteiger partial charge on any atom is 0.250 e. The van der Waals surface area contributed by atoms with E-state index in [1.807, 2.05) is 6.07 Å². The van der Waals surface area contributed by atoms with Gasteiger partial charge in [-0.05, 0) is 42.9 Å². The fourth-order valence-corrected chi connectivity index (χ4v) is 3.07. The van der Waals surface area contributed by atoms with Gasteiger partial charge < -0.3 is 11.1 Å². The number of rotatable bonds is 3. The van der Waals surface area contributed by atoms with E-state index in [-0.39, 0.29) is 0 Å². The zero-order valence-electron chi connectivity index (χ0n) is 11.5. The molecule has 4 heteroatoms. The summed E-state index contributed by atoms with van der Waals surface area (Å²) in [4.78, 5) is 11.3. The predicted molar refractivity (Wildman–Crippen MR) is 79.6 cm³/mol. The molecule has 1 aliphatic rings. The normalized spacial score (nSPS) is 21.9. The van der Waals surface area contributed by atoms with E-state index in [0.717, 1.165) is 18.5 Å². The number of amides is 1. The molecule has 0 bridgehead atoms. The highest BCUT2D eigenvalue weighted by Gasteiger charge is 2.27. The highest BCUT2D eigenvalue weighted by atomic mass is 35.5. The summed E-state index contributed by atoms with van der Waals surface area (Å²) >= 11 is 5.95. The molecule has 19 heavy (non-hydrogen) atoms. The Bertz CT molecular complexity index is 485. The molecular weight excluding hydrogens is 260 g/mol. The van der Waals surface area contributed by atoms with Gasteiger partial charge in [-0.3, -0.25) is 4.79 Å². The number of primary amides is 1. The number of anilines is 1. The second-order valence-corrected chi connectivity index (χ2v) is 6.57. The lowest BCUT2D eigenvalue weighted by Gasteiger charge is -2.36. The summed E-state index contributed by atoms with van der Waals surface area (Å²) < 4.78 is 0. The van der Waals surface area contributed by atoms with Gasteiger partial charge in [0.25, 0.3) is 0 Å². The molecule has 1 saturated carbocycles. The largest absolute Gasteiger partial charge is 0.382 e. The summed E-state index contributed by atoms with van der Waals surface area (Å²) in [5, 5.41) is 3.90. The zero-order chi connectivity index (χ0) is 14.0. The molecule has 0 spiro atoms. The van der Waals surface area contributed by atoms with Gasteiger partial charge in [-0.15, -0.1) is 0 Å². The van der Waals surface area contributed by atoms with Crippen molar-refractivity contribution in [2.75, 3.05) is 5.32 Å². The molecule has 1 unspecified atom stereocenters. The van der Waals surface area contributed by atoms with Gasteiger partial charge in [0.15, 0.2) is 0 Å². The molecule has 3 N–H and O–H groups in total. The Morgan fingerprint density at radius 1 is 1.47 bits per heavy atom. The summed E-state index contributed by atoms with van der Waals surface area (Å²) in [5.74, 6) is -0.488. The van der Waals surface area contributed by atoms with Crippen molar-refractivity contribution < 1.29 is 4.79 Å². The summed E-state index contributed by atoms with van der Waals surface area (Å²) in [5.41, 5.74) is 6.99. The Balaban J connectivity index is 2.11. The molecule has 3 nitrogen and oxygen atoms in total. The molecule has 1 aromatic carbocycles. The van der Waals surface area contributed by atoms with Crippen molar-refractivity contribution in [3.8, 4) is 0 Å². The smallest absolute Gasteiger partial charge is 0.250 e. The van der Waals surface area contributed by atoms with Crippen LogP contribution in [-0.4, -0.2) is 11.9 Å². The highest BCUT2D eigenvalue weighted by molar-refractivity contribution is 6.33. The van der Waals surface area contributed by atoms with Crippen molar-refractivity contribution >= 4 is 23.2 Å². The highest BCUT2D eigenvalue weighted by Crippen LogP contribution is 2.36. The van der Waals surface area contributed by atoms with Crippen LogP contribution < -0.4 is 11.1 Å². The van der Waals surface area contributed by atoms with Crippen LogP contribution in [0.3, 0.4) is 0 Å². The Morgan fingerprint density at radius 2 is 2.21 bits per heavy atom. The maximum absolute atomic E-state index is 11.3. The quantitative estimate of drug-likeness (QED) is 0.884. The summed E-state index contributed by atoms with van der Waals surface area (Å²) in [6.45, 7) is 4.61. The molecule has 0 saturated heterocycles. The Kier molecular flexibility index (Phi) is 4.04. The number of nitrogens with two attached hydrogens (primary N) is 1. The minimum Gasteiger partial charge on any atom is -0.382 e. The van der Waals surface area contributed by atoms with Crippen LogP contribution >= 0.6 is 11.6 Å².